The molecule has 1 aromatic rings. The van der Waals surface area contributed by atoms with Crippen LogP contribution in [0.5, 0.6) is 11.5 Å². The molecular formula is C17H23NO5. The fourth-order valence-corrected chi connectivity index (χ4v) is 2.19. The van der Waals surface area contributed by atoms with E-state index in [-0.39, 0.29) is 24.2 Å². The van der Waals surface area contributed by atoms with Crippen molar-refractivity contribution in [1.29, 1.82) is 0 Å². The highest BCUT2D eigenvalue weighted by molar-refractivity contribution is 5.81. The van der Waals surface area contributed by atoms with Gasteiger partial charge in [0.1, 0.15) is 18.1 Å². The van der Waals surface area contributed by atoms with E-state index in [0.717, 1.165) is 24.3 Å². The minimum absolute atomic E-state index is 0.104. The minimum Gasteiger partial charge on any atom is -0.497 e. The molecule has 0 radical (unpaired) electrons. The first kappa shape index (κ1) is 17.1. The first-order valence-electron chi connectivity index (χ1n) is 7.76. The number of carbonyl (C=O) groups excluding carboxylic acids is 2. The Morgan fingerprint density at radius 2 is 1.74 bits per heavy atom. The highest BCUT2D eigenvalue weighted by atomic mass is 16.5. The van der Waals surface area contributed by atoms with E-state index in [1.54, 1.807) is 12.0 Å². The van der Waals surface area contributed by atoms with Gasteiger partial charge in [0.2, 0.25) is 5.91 Å². The van der Waals surface area contributed by atoms with Crippen molar-refractivity contribution in [3.63, 3.8) is 0 Å². The molecule has 0 atom stereocenters. The van der Waals surface area contributed by atoms with Crippen molar-refractivity contribution < 1.29 is 23.8 Å². The summed E-state index contributed by atoms with van der Waals surface area (Å²) in [7, 11) is 2.96. The number of hydrogen-bond acceptors (Lipinski definition) is 5. The van der Waals surface area contributed by atoms with Crippen molar-refractivity contribution >= 4 is 11.9 Å². The van der Waals surface area contributed by atoms with Crippen molar-refractivity contribution in [3.05, 3.63) is 24.3 Å². The smallest absolute Gasteiger partial charge is 0.307 e. The molecule has 1 aromatic carbocycles. The van der Waals surface area contributed by atoms with E-state index >= 15 is 0 Å². The van der Waals surface area contributed by atoms with Gasteiger partial charge in [-0.2, -0.15) is 0 Å². The molecule has 0 N–H and O–H groups in total. The van der Waals surface area contributed by atoms with E-state index in [2.05, 4.69) is 4.74 Å². The van der Waals surface area contributed by atoms with Gasteiger partial charge in [0.15, 0.2) is 0 Å². The zero-order chi connectivity index (χ0) is 16.7. The third kappa shape index (κ3) is 5.47. The summed E-state index contributed by atoms with van der Waals surface area (Å²) >= 11 is 0. The van der Waals surface area contributed by atoms with E-state index in [1.165, 1.54) is 7.11 Å². The van der Waals surface area contributed by atoms with Crippen LogP contribution < -0.4 is 9.47 Å². The average Bonchev–Trinajstić information content (AvgIpc) is 3.42. The maximum absolute atomic E-state index is 12.2. The minimum atomic E-state index is -0.310. The standard InChI is InChI=1S/C17H23NO5/c1-21-14-5-7-15(8-6-14)23-12-11-18(10-9-16(19)22-2)17(20)13-3-4-13/h5-8,13H,3-4,9-12H2,1-2H3. The van der Waals surface area contributed by atoms with E-state index in [4.69, 9.17) is 9.47 Å². The Morgan fingerprint density at radius 3 is 2.30 bits per heavy atom. The third-order valence-electron chi connectivity index (χ3n) is 3.74. The van der Waals surface area contributed by atoms with Crippen molar-refractivity contribution in [3.8, 4) is 11.5 Å². The Morgan fingerprint density at radius 1 is 1.09 bits per heavy atom. The number of ether oxygens (including phenoxy) is 3. The normalized spacial score (nSPS) is 13.3. The van der Waals surface area contributed by atoms with Crippen LogP contribution >= 0.6 is 0 Å². The first-order chi connectivity index (χ1) is 11.1. The Bertz CT molecular complexity index is 524. The molecule has 0 heterocycles. The fourth-order valence-electron chi connectivity index (χ4n) is 2.19. The summed E-state index contributed by atoms with van der Waals surface area (Å²) in [5, 5.41) is 0. The van der Waals surface area contributed by atoms with Crippen LogP contribution in [-0.2, 0) is 14.3 Å². The van der Waals surface area contributed by atoms with E-state index in [1.807, 2.05) is 24.3 Å². The second-order valence-electron chi connectivity index (χ2n) is 5.45. The van der Waals surface area contributed by atoms with Crippen LogP contribution in [0.4, 0.5) is 0 Å². The zero-order valence-corrected chi connectivity index (χ0v) is 13.6. The number of esters is 1. The molecule has 0 saturated heterocycles. The second kappa shape index (κ2) is 8.41. The molecule has 0 aromatic heterocycles. The van der Waals surface area contributed by atoms with Gasteiger partial charge in [-0.25, -0.2) is 0 Å². The number of rotatable bonds is 9. The molecule has 0 spiro atoms. The first-order valence-corrected chi connectivity index (χ1v) is 7.76. The molecular weight excluding hydrogens is 298 g/mol. The molecule has 1 aliphatic rings. The van der Waals surface area contributed by atoms with E-state index < -0.39 is 0 Å². The number of nitrogens with zero attached hydrogens (tertiary/aromatic N) is 1. The molecule has 0 bridgehead atoms. The summed E-state index contributed by atoms with van der Waals surface area (Å²) in [6, 6.07) is 7.28. The lowest BCUT2D eigenvalue weighted by Gasteiger charge is -2.22. The quantitative estimate of drug-likeness (QED) is 0.650. The van der Waals surface area contributed by atoms with Crippen molar-refractivity contribution in [2.24, 2.45) is 5.92 Å². The van der Waals surface area contributed by atoms with E-state index in [9.17, 15) is 9.59 Å². The Kier molecular flexibility index (Phi) is 6.26. The van der Waals surface area contributed by atoms with Crippen LogP contribution in [0.2, 0.25) is 0 Å². The van der Waals surface area contributed by atoms with Gasteiger partial charge in [0.05, 0.1) is 27.2 Å². The zero-order valence-electron chi connectivity index (χ0n) is 13.6. The fraction of sp³-hybridized carbons (Fsp3) is 0.529. The molecule has 1 aliphatic carbocycles. The van der Waals surface area contributed by atoms with Crippen LogP contribution in [0, 0.1) is 5.92 Å². The van der Waals surface area contributed by atoms with Gasteiger partial charge < -0.3 is 19.1 Å². The summed E-state index contributed by atoms with van der Waals surface area (Å²) in [5.74, 6) is 1.40. The van der Waals surface area contributed by atoms with Crippen molar-refractivity contribution in [1.82, 2.24) is 4.90 Å². The molecule has 0 unspecified atom stereocenters. The maximum Gasteiger partial charge on any atom is 0.307 e. The maximum atomic E-state index is 12.2. The van der Waals surface area contributed by atoms with Gasteiger partial charge in [-0.15, -0.1) is 0 Å². The number of amides is 1. The highest BCUT2D eigenvalue weighted by Gasteiger charge is 2.33. The van der Waals surface area contributed by atoms with Crippen molar-refractivity contribution in [2.45, 2.75) is 19.3 Å². The number of methoxy groups -OCH3 is 2. The predicted molar refractivity (Wildman–Crippen MR) is 84.4 cm³/mol. The molecule has 1 fully saturated rings. The summed E-state index contributed by atoms with van der Waals surface area (Å²) in [6.07, 6.45) is 2.08. The van der Waals surface area contributed by atoms with Gasteiger partial charge in [0, 0.05) is 12.5 Å². The third-order valence-corrected chi connectivity index (χ3v) is 3.74. The largest absolute Gasteiger partial charge is 0.497 e. The molecule has 23 heavy (non-hydrogen) atoms. The highest BCUT2D eigenvalue weighted by Crippen LogP contribution is 2.31. The number of carbonyl (C=O) groups is 2. The molecule has 126 valence electrons. The lowest BCUT2D eigenvalue weighted by molar-refractivity contribution is -0.142. The average molecular weight is 321 g/mol. The topological polar surface area (TPSA) is 65.1 Å². The summed E-state index contributed by atoms with van der Waals surface area (Å²) in [5.41, 5.74) is 0. The molecule has 0 aliphatic heterocycles. The molecule has 1 saturated carbocycles. The summed E-state index contributed by atoms with van der Waals surface area (Å²) in [4.78, 5) is 25.2. The van der Waals surface area contributed by atoms with Gasteiger partial charge in [-0.05, 0) is 37.1 Å². The molecule has 1 amide bonds. The summed E-state index contributed by atoms with van der Waals surface area (Å²) < 4.78 is 15.4. The number of hydrogen-bond donors (Lipinski definition) is 0. The lowest BCUT2D eigenvalue weighted by Crippen LogP contribution is -2.37. The molecule has 6 nitrogen and oxygen atoms in total. The van der Waals surface area contributed by atoms with E-state index in [0.29, 0.717) is 19.7 Å². The van der Waals surface area contributed by atoms with Crippen molar-refractivity contribution in [2.75, 3.05) is 33.9 Å². The van der Waals surface area contributed by atoms with Crippen LogP contribution in [0.1, 0.15) is 19.3 Å². The Labute approximate surface area is 136 Å². The SMILES string of the molecule is COC(=O)CCN(CCOc1ccc(OC)cc1)C(=O)C1CC1. The molecule has 6 heteroatoms. The Balaban J connectivity index is 1.81. The molecule has 2 rings (SSSR count). The van der Waals surface area contributed by atoms with Crippen LogP contribution in [0.3, 0.4) is 0 Å². The van der Waals surface area contributed by atoms with Gasteiger partial charge in [-0.3, -0.25) is 9.59 Å². The second-order valence-corrected chi connectivity index (χ2v) is 5.45. The van der Waals surface area contributed by atoms with Crippen LogP contribution in [0.15, 0.2) is 24.3 Å². The van der Waals surface area contributed by atoms with Crippen LogP contribution in [0.25, 0.3) is 0 Å². The summed E-state index contributed by atoms with van der Waals surface area (Å²) in [6.45, 7) is 1.21. The monoisotopic (exact) mass is 321 g/mol. The lowest BCUT2D eigenvalue weighted by atomic mass is 10.3. The van der Waals surface area contributed by atoms with Gasteiger partial charge >= 0.3 is 5.97 Å². The Hall–Kier alpha value is -2.24. The number of benzene rings is 1. The van der Waals surface area contributed by atoms with Gasteiger partial charge in [0.25, 0.3) is 0 Å². The van der Waals surface area contributed by atoms with Crippen LogP contribution in [-0.4, -0.2) is 50.7 Å². The predicted octanol–water partition coefficient (Wildman–Crippen LogP) is 1.88. The van der Waals surface area contributed by atoms with Gasteiger partial charge in [-0.1, -0.05) is 0 Å².